The Balaban J connectivity index is 2.15. The van der Waals surface area contributed by atoms with E-state index < -0.39 is 39.3 Å². The van der Waals surface area contributed by atoms with Gasteiger partial charge in [0.05, 0.1) is 18.4 Å². The normalized spacial score (nSPS) is 11.8. The Bertz CT molecular complexity index is 1260. The van der Waals surface area contributed by atoms with Gasteiger partial charge in [-0.2, -0.15) is 18.4 Å². The minimum absolute atomic E-state index is 0.101. The lowest BCUT2D eigenvalue weighted by Crippen LogP contribution is -2.21. The predicted octanol–water partition coefficient (Wildman–Crippen LogP) is 2.87. The zero-order valence-electron chi connectivity index (χ0n) is 18.5. The molecule has 0 fully saturated rings. The molecule has 0 unspecified atom stereocenters. The van der Waals surface area contributed by atoms with E-state index in [0.29, 0.717) is 0 Å². The molecule has 0 bridgehead atoms. The number of nitrogens with zero attached hydrogens (tertiary/aromatic N) is 2. The monoisotopic (exact) mass is 515 g/mol. The molecule has 0 saturated carbocycles. The fourth-order valence-electron chi connectivity index (χ4n) is 2.73. The number of benzene rings is 1. The second-order valence-corrected chi connectivity index (χ2v) is 8.84. The van der Waals surface area contributed by atoms with Gasteiger partial charge in [0.1, 0.15) is 29.1 Å². The summed E-state index contributed by atoms with van der Waals surface area (Å²) in [6, 6.07) is 5.77. The third-order valence-corrected chi connectivity index (χ3v) is 4.83. The summed E-state index contributed by atoms with van der Waals surface area (Å²) in [6.45, 7) is 0.175. The van der Waals surface area contributed by atoms with Crippen LogP contribution < -0.4 is 15.4 Å². The Morgan fingerprint density at radius 2 is 2.00 bits per heavy atom. The van der Waals surface area contributed by atoms with Crippen molar-refractivity contribution in [2.75, 3.05) is 36.6 Å². The molecule has 1 amide bonds. The number of halogens is 4. The highest BCUT2D eigenvalue weighted by molar-refractivity contribution is 7.92. The van der Waals surface area contributed by atoms with Gasteiger partial charge >= 0.3 is 6.18 Å². The number of carbonyl (C=O) groups excluding carboxylic acids is 1. The van der Waals surface area contributed by atoms with Crippen molar-refractivity contribution in [1.82, 2.24) is 10.3 Å². The molecule has 0 radical (unpaired) electrons. The Labute approximate surface area is 198 Å². The topological polar surface area (TPSA) is 133 Å². The molecule has 35 heavy (non-hydrogen) atoms. The number of nitriles is 1. The van der Waals surface area contributed by atoms with Crippen molar-refractivity contribution in [1.29, 1.82) is 5.26 Å². The van der Waals surface area contributed by atoms with E-state index in [2.05, 4.69) is 15.6 Å². The van der Waals surface area contributed by atoms with E-state index >= 15 is 0 Å². The molecule has 2 rings (SSSR count). The first-order valence-electron chi connectivity index (χ1n) is 9.81. The molecule has 0 aliphatic carbocycles. The first-order chi connectivity index (χ1) is 16.3. The summed E-state index contributed by atoms with van der Waals surface area (Å²) in [7, 11) is -2.40. The van der Waals surface area contributed by atoms with Gasteiger partial charge < -0.3 is 15.4 Å². The van der Waals surface area contributed by atoms with Crippen molar-refractivity contribution in [2.24, 2.45) is 0 Å². The van der Waals surface area contributed by atoms with E-state index in [4.69, 9.17) is 4.74 Å². The number of ether oxygens (including phenoxy) is 1. The van der Waals surface area contributed by atoms with Crippen LogP contribution in [0.1, 0.15) is 22.4 Å². The summed E-state index contributed by atoms with van der Waals surface area (Å²) in [5.74, 6) is -1.77. The molecule has 0 spiro atoms. The highest BCUT2D eigenvalue weighted by atomic mass is 32.2. The number of aromatic nitrogens is 1. The standard InChI is InChI=1S/C21H21F4N5O4S/c1-34-8-7-27-20-14(3-5-17(29-20)21(23,24)25)4-6-18(31)28-12-13-9-15(11-26)19(16(22)10-13)30-35(2,32)33/h3-6,9-10,30H,7-8,12H2,1-2H3,(H,27,29)(H,28,31)/b6-4+. The van der Waals surface area contributed by atoms with Crippen molar-refractivity contribution in [3.63, 3.8) is 0 Å². The molecular weight excluding hydrogens is 494 g/mol. The Hall–Kier alpha value is -3.70. The Morgan fingerprint density at radius 3 is 2.60 bits per heavy atom. The van der Waals surface area contributed by atoms with Crippen molar-refractivity contribution < 1.29 is 35.5 Å². The fourth-order valence-corrected chi connectivity index (χ4v) is 3.31. The van der Waals surface area contributed by atoms with Gasteiger partial charge in [-0.25, -0.2) is 17.8 Å². The number of pyridine rings is 1. The van der Waals surface area contributed by atoms with Crippen molar-refractivity contribution >= 4 is 33.5 Å². The summed E-state index contributed by atoms with van der Waals surface area (Å²) in [5, 5.41) is 14.3. The third-order valence-electron chi connectivity index (χ3n) is 4.25. The summed E-state index contributed by atoms with van der Waals surface area (Å²) in [4.78, 5) is 15.7. The van der Waals surface area contributed by atoms with Crippen molar-refractivity contribution in [3.05, 3.63) is 58.5 Å². The maximum atomic E-state index is 14.3. The van der Waals surface area contributed by atoms with Gasteiger partial charge in [0, 0.05) is 31.8 Å². The van der Waals surface area contributed by atoms with Gasteiger partial charge in [0.15, 0.2) is 0 Å². The van der Waals surface area contributed by atoms with Gasteiger partial charge in [0.2, 0.25) is 15.9 Å². The molecule has 0 atom stereocenters. The van der Waals surface area contributed by atoms with Crippen molar-refractivity contribution in [3.8, 4) is 6.07 Å². The van der Waals surface area contributed by atoms with Gasteiger partial charge in [-0.15, -0.1) is 0 Å². The molecule has 0 saturated heterocycles. The number of hydrogen-bond acceptors (Lipinski definition) is 7. The van der Waals surface area contributed by atoms with Gasteiger partial charge in [-0.3, -0.25) is 9.52 Å². The third kappa shape index (κ3) is 8.54. The molecule has 1 aromatic heterocycles. The van der Waals surface area contributed by atoms with Crippen LogP contribution in [0.5, 0.6) is 0 Å². The quantitative estimate of drug-likeness (QED) is 0.252. The summed E-state index contributed by atoms with van der Waals surface area (Å²) >= 11 is 0. The average molecular weight is 515 g/mol. The van der Waals surface area contributed by atoms with E-state index in [1.54, 1.807) is 6.07 Å². The number of carbonyl (C=O) groups is 1. The van der Waals surface area contributed by atoms with E-state index in [1.165, 1.54) is 19.3 Å². The van der Waals surface area contributed by atoms with Crippen LogP contribution in [-0.4, -0.2) is 45.8 Å². The summed E-state index contributed by atoms with van der Waals surface area (Å²) in [6.07, 6.45) is -1.55. The molecule has 2 aromatic rings. The van der Waals surface area contributed by atoms with Crippen molar-refractivity contribution in [2.45, 2.75) is 12.7 Å². The van der Waals surface area contributed by atoms with Gasteiger partial charge in [0.25, 0.3) is 0 Å². The Morgan fingerprint density at radius 1 is 1.29 bits per heavy atom. The summed E-state index contributed by atoms with van der Waals surface area (Å²) in [5.41, 5.74) is -1.51. The van der Waals surface area contributed by atoms with Crippen LogP contribution in [0.15, 0.2) is 30.3 Å². The zero-order chi connectivity index (χ0) is 26.2. The number of nitrogens with one attached hydrogen (secondary N) is 3. The van der Waals surface area contributed by atoms with E-state index in [0.717, 1.165) is 30.5 Å². The second-order valence-electron chi connectivity index (χ2n) is 7.09. The highest BCUT2D eigenvalue weighted by Gasteiger charge is 2.33. The van der Waals surface area contributed by atoms with Crippen LogP contribution in [0, 0.1) is 17.1 Å². The van der Waals surface area contributed by atoms with Crippen LogP contribution in [0.4, 0.5) is 29.1 Å². The minimum Gasteiger partial charge on any atom is -0.383 e. The maximum absolute atomic E-state index is 14.3. The smallest absolute Gasteiger partial charge is 0.383 e. The van der Waals surface area contributed by atoms with Crippen LogP contribution in [0.25, 0.3) is 6.08 Å². The lowest BCUT2D eigenvalue weighted by atomic mass is 10.1. The van der Waals surface area contributed by atoms with Gasteiger partial charge in [-0.1, -0.05) is 0 Å². The number of amides is 1. The molecular formula is C21H21F4N5O4S. The van der Waals surface area contributed by atoms with E-state index in [-0.39, 0.29) is 42.2 Å². The molecule has 1 heterocycles. The van der Waals surface area contributed by atoms with E-state index in [9.17, 15) is 36.0 Å². The predicted molar refractivity (Wildman–Crippen MR) is 120 cm³/mol. The molecule has 9 nitrogen and oxygen atoms in total. The largest absolute Gasteiger partial charge is 0.433 e. The SMILES string of the molecule is COCCNc1nc(C(F)(F)F)ccc1/C=C/C(=O)NCc1cc(F)c(NS(C)(=O)=O)c(C#N)c1. The molecule has 14 heteroatoms. The lowest BCUT2D eigenvalue weighted by molar-refractivity contribution is -0.141. The van der Waals surface area contributed by atoms with Crippen LogP contribution in [-0.2, 0) is 32.3 Å². The number of hydrogen-bond donors (Lipinski definition) is 3. The first kappa shape index (κ1) is 27.5. The number of rotatable bonds is 10. The Kier molecular flexibility index (Phi) is 9.15. The molecule has 1 aromatic carbocycles. The molecule has 3 N–H and O–H groups in total. The van der Waals surface area contributed by atoms with Gasteiger partial charge in [-0.05, 0) is 35.9 Å². The second kappa shape index (κ2) is 11.6. The highest BCUT2D eigenvalue weighted by Crippen LogP contribution is 2.30. The van der Waals surface area contributed by atoms with Crippen LogP contribution >= 0.6 is 0 Å². The number of methoxy groups -OCH3 is 1. The first-order valence-corrected chi connectivity index (χ1v) is 11.7. The molecule has 0 aliphatic heterocycles. The van der Waals surface area contributed by atoms with Crippen LogP contribution in [0.2, 0.25) is 0 Å². The lowest BCUT2D eigenvalue weighted by Gasteiger charge is -2.12. The molecule has 188 valence electrons. The molecule has 0 aliphatic rings. The maximum Gasteiger partial charge on any atom is 0.433 e. The fraction of sp³-hybridized carbons (Fsp3) is 0.286. The average Bonchev–Trinajstić information content (AvgIpc) is 2.76. The zero-order valence-corrected chi connectivity index (χ0v) is 19.3. The summed E-state index contributed by atoms with van der Waals surface area (Å²) < 4.78 is 82.7. The number of alkyl halides is 3. The minimum atomic E-state index is -4.65. The van der Waals surface area contributed by atoms with E-state index in [1.807, 2.05) is 4.72 Å². The van der Waals surface area contributed by atoms with Crippen LogP contribution in [0.3, 0.4) is 0 Å². The number of sulfonamides is 1. The number of anilines is 2.